The van der Waals surface area contributed by atoms with Gasteiger partial charge in [-0.2, -0.15) is 0 Å². The summed E-state index contributed by atoms with van der Waals surface area (Å²) < 4.78 is 16.8. The largest absolute Gasteiger partial charge is 0.507 e. The van der Waals surface area contributed by atoms with Crippen LogP contribution in [0, 0.1) is 0 Å². The van der Waals surface area contributed by atoms with Gasteiger partial charge in [-0.15, -0.1) is 0 Å². The number of anilines is 1. The van der Waals surface area contributed by atoms with Crippen molar-refractivity contribution >= 4 is 44.1 Å². The highest BCUT2D eigenvalue weighted by molar-refractivity contribution is 7.22. The fraction of sp³-hybridized carbons (Fsp3) is 0.179. The molecule has 1 fully saturated rings. The van der Waals surface area contributed by atoms with E-state index in [1.807, 2.05) is 0 Å². The Hall–Kier alpha value is -4.57. The molecule has 5 rings (SSSR count). The van der Waals surface area contributed by atoms with E-state index < -0.39 is 17.7 Å². The highest BCUT2D eigenvalue weighted by atomic mass is 32.1. The zero-order valence-corrected chi connectivity index (χ0v) is 21.6. The smallest absolute Gasteiger partial charge is 0.301 e. The first-order chi connectivity index (χ1) is 18.4. The number of aliphatic hydroxyl groups is 1. The van der Waals surface area contributed by atoms with Gasteiger partial charge in [0.05, 0.1) is 42.7 Å². The monoisotopic (exact) mass is 532 g/mol. The summed E-state index contributed by atoms with van der Waals surface area (Å²) in [4.78, 5) is 32.8. The molecule has 1 amide bonds. The van der Waals surface area contributed by atoms with E-state index in [4.69, 9.17) is 14.2 Å². The van der Waals surface area contributed by atoms with Gasteiger partial charge in [-0.3, -0.25) is 14.5 Å². The molecular weight excluding hydrogens is 508 g/mol. The van der Waals surface area contributed by atoms with Crippen molar-refractivity contribution in [3.05, 3.63) is 77.4 Å². The molecule has 1 aromatic heterocycles. The SMILES string of the molecule is CCOc1cc(C2/C(=C(\O)c3ccc(OC)cc3)C(=O)C(=O)N2c2nc3ccc(OC)cc3s2)ccc1O. The second-order valence-corrected chi connectivity index (χ2v) is 9.40. The normalized spacial score (nSPS) is 16.7. The van der Waals surface area contributed by atoms with Crippen LogP contribution in [0.1, 0.15) is 24.1 Å². The fourth-order valence-corrected chi connectivity index (χ4v) is 5.37. The third kappa shape index (κ3) is 4.28. The molecule has 2 N–H and O–H groups in total. The number of aromatic hydroxyl groups is 1. The van der Waals surface area contributed by atoms with Gasteiger partial charge in [0.2, 0.25) is 0 Å². The van der Waals surface area contributed by atoms with Crippen molar-refractivity contribution in [2.45, 2.75) is 13.0 Å². The number of aliphatic hydroxyl groups excluding tert-OH is 1. The number of hydrogen-bond acceptors (Lipinski definition) is 9. The zero-order valence-electron chi connectivity index (χ0n) is 20.8. The molecule has 1 atom stereocenters. The standard InChI is InChI=1S/C28H24N2O7S/c1-4-37-21-13-16(7-12-20(21)31)24-23(25(32)15-5-8-17(35-2)9-6-15)26(33)27(34)30(24)28-29-19-11-10-18(36-3)14-22(19)38-28/h5-14,24,31-32H,4H2,1-3H3/b25-23+. The lowest BCUT2D eigenvalue weighted by molar-refractivity contribution is -0.132. The van der Waals surface area contributed by atoms with E-state index in [2.05, 4.69) is 4.98 Å². The van der Waals surface area contributed by atoms with Crippen LogP contribution in [-0.2, 0) is 9.59 Å². The molecule has 10 heteroatoms. The van der Waals surface area contributed by atoms with Gasteiger partial charge < -0.3 is 24.4 Å². The summed E-state index contributed by atoms with van der Waals surface area (Å²) in [5.41, 5.74) is 1.32. The van der Waals surface area contributed by atoms with Gasteiger partial charge in [0.25, 0.3) is 5.78 Å². The van der Waals surface area contributed by atoms with E-state index in [0.29, 0.717) is 34.7 Å². The Kier molecular flexibility index (Phi) is 6.64. The van der Waals surface area contributed by atoms with E-state index in [-0.39, 0.29) is 28.0 Å². The summed E-state index contributed by atoms with van der Waals surface area (Å²) in [6.07, 6.45) is 0. The minimum atomic E-state index is -1.03. The Morgan fingerprint density at radius 1 is 1.00 bits per heavy atom. The summed E-state index contributed by atoms with van der Waals surface area (Å²) in [5.74, 6) is -0.724. The van der Waals surface area contributed by atoms with Crippen LogP contribution in [0.25, 0.3) is 16.0 Å². The van der Waals surface area contributed by atoms with Crippen molar-refractivity contribution in [2.24, 2.45) is 0 Å². The van der Waals surface area contributed by atoms with Crippen molar-refractivity contribution in [2.75, 3.05) is 25.7 Å². The minimum Gasteiger partial charge on any atom is -0.507 e. The molecule has 194 valence electrons. The number of aromatic nitrogens is 1. The number of benzene rings is 3. The molecule has 9 nitrogen and oxygen atoms in total. The lowest BCUT2D eigenvalue weighted by Gasteiger charge is -2.23. The first kappa shape index (κ1) is 25.1. The zero-order chi connectivity index (χ0) is 27.0. The van der Waals surface area contributed by atoms with Crippen molar-refractivity contribution in [3.8, 4) is 23.0 Å². The Balaban J connectivity index is 1.72. The number of hydrogen-bond donors (Lipinski definition) is 2. The van der Waals surface area contributed by atoms with Crippen LogP contribution < -0.4 is 19.1 Å². The van der Waals surface area contributed by atoms with E-state index in [0.717, 1.165) is 4.70 Å². The van der Waals surface area contributed by atoms with Crippen LogP contribution in [0.15, 0.2) is 66.2 Å². The summed E-state index contributed by atoms with van der Waals surface area (Å²) in [6.45, 7) is 2.07. The van der Waals surface area contributed by atoms with Crippen LogP contribution in [-0.4, -0.2) is 47.7 Å². The Labute approximate surface area is 222 Å². The second-order valence-electron chi connectivity index (χ2n) is 8.39. The molecule has 1 aliphatic rings. The van der Waals surface area contributed by atoms with Crippen molar-refractivity contribution < 1.29 is 34.0 Å². The molecular formula is C28H24N2O7S. The number of fused-ring (bicyclic) bond motifs is 1. The van der Waals surface area contributed by atoms with Gasteiger partial charge in [-0.05, 0) is 67.1 Å². The number of rotatable bonds is 7. The first-order valence-corrected chi connectivity index (χ1v) is 12.5. The molecule has 1 unspecified atom stereocenters. The number of carbonyl (C=O) groups excluding carboxylic acids is 2. The Morgan fingerprint density at radius 2 is 1.71 bits per heavy atom. The van der Waals surface area contributed by atoms with Gasteiger partial charge in [0.1, 0.15) is 17.3 Å². The molecule has 1 saturated heterocycles. The number of phenols is 1. The van der Waals surface area contributed by atoms with Crippen LogP contribution in [0.3, 0.4) is 0 Å². The lowest BCUT2D eigenvalue weighted by Crippen LogP contribution is -2.29. The third-order valence-corrected chi connectivity index (χ3v) is 7.22. The predicted molar refractivity (Wildman–Crippen MR) is 143 cm³/mol. The van der Waals surface area contributed by atoms with E-state index >= 15 is 0 Å². The molecule has 0 aliphatic carbocycles. The number of ketones is 1. The number of ether oxygens (including phenoxy) is 3. The molecule has 4 aromatic rings. The van der Waals surface area contributed by atoms with Crippen LogP contribution in [0.5, 0.6) is 23.0 Å². The van der Waals surface area contributed by atoms with Crippen LogP contribution in [0.2, 0.25) is 0 Å². The number of thiazole rings is 1. The fourth-order valence-electron chi connectivity index (χ4n) is 4.34. The topological polar surface area (TPSA) is 118 Å². The van der Waals surface area contributed by atoms with Crippen molar-refractivity contribution in [1.82, 2.24) is 4.98 Å². The summed E-state index contributed by atoms with van der Waals surface area (Å²) >= 11 is 1.22. The maximum Gasteiger partial charge on any atom is 0.301 e. The van der Waals surface area contributed by atoms with Gasteiger partial charge in [-0.1, -0.05) is 17.4 Å². The second kappa shape index (κ2) is 10.1. The summed E-state index contributed by atoms with van der Waals surface area (Å²) in [6, 6.07) is 15.4. The van der Waals surface area contributed by atoms with Crippen LogP contribution >= 0.6 is 11.3 Å². The average Bonchev–Trinajstić information content (AvgIpc) is 3.47. The number of phenolic OH excluding ortho intramolecular Hbond substituents is 1. The van der Waals surface area contributed by atoms with Gasteiger partial charge >= 0.3 is 5.91 Å². The number of amides is 1. The predicted octanol–water partition coefficient (Wildman–Crippen LogP) is 5.04. The maximum atomic E-state index is 13.5. The van der Waals surface area contributed by atoms with Gasteiger partial charge in [0, 0.05) is 5.56 Å². The Morgan fingerprint density at radius 3 is 2.39 bits per heavy atom. The molecule has 1 aliphatic heterocycles. The number of Topliss-reactive ketones (excluding diaryl/α,β-unsaturated/α-hetero) is 1. The van der Waals surface area contributed by atoms with Gasteiger partial charge in [-0.25, -0.2) is 4.98 Å². The quantitative estimate of drug-likeness (QED) is 0.193. The lowest BCUT2D eigenvalue weighted by atomic mass is 9.95. The molecule has 0 bridgehead atoms. The average molecular weight is 533 g/mol. The highest BCUT2D eigenvalue weighted by Gasteiger charge is 2.48. The van der Waals surface area contributed by atoms with Crippen LogP contribution in [0.4, 0.5) is 5.13 Å². The van der Waals surface area contributed by atoms with Crippen molar-refractivity contribution in [3.63, 3.8) is 0 Å². The van der Waals surface area contributed by atoms with Crippen molar-refractivity contribution in [1.29, 1.82) is 0 Å². The van der Waals surface area contributed by atoms with E-state index in [9.17, 15) is 19.8 Å². The minimum absolute atomic E-state index is 0.0882. The molecule has 2 heterocycles. The molecule has 0 spiro atoms. The summed E-state index contributed by atoms with van der Waals surface area (Å²) in [7, 11) is 3.08. The number of nitrogens with zero attached hydrogens (tertiary/aromatic N) is 2. The molecule has 0 saturated carbocycles. The summed E-state index contributed by atoms with van der Waals surface area (Å²) in [5, 5.41) is 21.9. The highest BCUT2D eigenvalue weighted by Crippen LogP contribution is 2.46. The maximum absolute atomic E-state index is 13.5. The third-order valence-electron chi connectivity index (χ3n) is 6.20. The molecule has 0 radical (unpaired) electrons. The van der Waals surface area contributed by atoms with Gasteiger partial charge in [0.15, 0.2) is 16.6 Å². The molecule has 38 heavy (non-hydrogen) atoms. The van der Waals surface area contributed by atoms with E-state index in [1.165, 1.54) is 29.4 Å². The number of methoxy groups -OCH3 is 2. The Bertz CT molecular complexity index is 1580. The molecule has 3 aromatic carbocycles. The number of carbonyl (C=O) groups is 2. The first-order valence-electron chi connectivity index (χ1n) is 11.7. The van der Waals surface area contributed by atoms with E-state index in [1.54, 1.807) is 68.6 Å².